The molecule has 2 aromatic carbocycles. The van der Waals surface area contributed by atoms with Gasteiger partial charge in [-0.3, -0.25) is 4.79 Å². The predicted octanol–water partition coefficient (Wildman–Crippen LogP) is 5.77. The molecule has 3 nitrogen and oxygen atoms in total. The van der Waals surface area contributed by atoms with Gasteiger partial charge in [0.05, 0.1) is 11.1 Å². The minimum Gasteiger partial charge on any atom is -0.509 e. The summed E-state index contributed by atoms with van der Waals surface area (Å²) < 4.78 is 13.5. The van der Waals surface area contributed by atoms with Gasteiger partial charge in [-0.05, 0) is 78.6 Å². The number of rotatable bonds is 3. The minimum atomic E-state index is -0.608. The van der Waals surface area contributed by atoms with Crippen molar-refractivity contribution in [2.75, 3.05) is 0 Å². The third-order valence-electron chi connectivity index (χ3n) is 6.60. The Bertz CT molecular complexity index is 998. The van der Waals surface area contributed by atoms with Gasteiger partial charge in [0.2, 0.25) is 0 Å². The molecule has 1 saturated carbocycles. The van der Waals surface area contributed by atoms with Gasteiger partial charge < -0.3 is 10.4 Å². The Morgan fingerprint density at radius 2 is 1.72 bits per heavy atom. The van der Waals surface area contributed by atoms with Crippen LogP contribution in [-0.4, -0.2) is 16.6 Å². The van der Waals surface area contributed by atoms with Crippen molar-refractivity contribution < 1.29 is 14.3 Å². The van der Waals surface area contributed by atoms with Crippen molar-refractivity contribution in [2.45, 2.75) is 64.8 Å². The van der Waals surface area contributed by atoms with Crippen LogP contribution in [0.2, 0.25) is 0 Å². The molecule has 2 aliphatic rings. The van der Waals surface area contributed by atoms with Crippen LogP contribution in [0.1, 0.15) is 61.3 Å². The van der Waals surface area contributed by atoms with E-state index in [0.29, 0.717) is 5.57 Å². The molecule has 1 amide bonds. The number of hydrogen-bond donors (Lipinski definition) is 2. The molecular formula is C25H28FNO2. The zero-order valence-corrected chi connectivity index (χ0v) is 17.4. The number of aryl methyl sites for hydroxylation is 2. The van der Waals surface area contributed by atoms with Gasteiger partial charge in [0.15, 0.2) is 0 Å². The van der Waals surface area contributed by atoms with Gasteiger partial charge in [-0.1, -0.05) is 44.4 Å². The maximum atomic E-state index is 13.5. The Balaban J connectivity index is 1.94. The van der Waals surface area contributed by atoms with E-state index in [4.69, 9.17) is 0 Å². The molecule has 0 unspecified atom stereocenters. The summed E-state index contributed by atoms with van der Waals surface area (Å²) in [7, 11) is 0. The van der Waals surface area contributed by atoms with E-state index in [0.717, 1.165) is 71.9 Å². The molecule has 4 heteroatoms. The van der Waals surface area contributed by atoms with Gasteiger partial charge in [-0.25, -0.2) is 4.39 Å². The molecule has 0 radical (unpaired) electrons. The maximum Gasteiger partial charge on any atom is 0.256 e. The van der Waals surface area contributed by atoms with Crippen LogP contribution in [-0.2, 0) is 11.2 Å². The van der Waals surface area contributed by atoms with Crippen molar-refractivity contribution in [1.82, 2.24) is 5.32 Å². The Hall–Kier alpha value is -2.62. The third-order valence-corrected chi connectivity index (χ3v) is 6.60. The van der Waals surface area contributed by atoms with Gasteiger partial charge in [0.1, 0.15) is 11.6 Å². The lowest BCUT2D eigenvalue weighted by Gasteiger charge is -2.33. The molecule has 0 bridgehead atoms. The lowest BCUT2D eigenvalue weighted by molar-refractivity contribution is -0.116. The number of hydrogen-bond acceptors (Lipinski definition) is 2. The molecule has 4 rings (SSSR count). The highest BCUT2D eigenvalue weighted by Crippen LogP contribution is 2.44. The average Bonchev–Trinajstić information content (AvgIpc) is 2.93. The number of aliphatic hydroxyl groups excluding tert-OH is 1. The Labute approximate surface area is 171 Å². The van der Waals surface area contributed by atoms with Crippen molar-refractivity contribution in [3.63, 3.8) is 0 Å². The van der Waals surface area contributed by atoms with Crippen LogP contribution >= 0.6 is 0 Å². The summed E-state index contributed by atoms with van der Waals surface area (Å²) in [6.07, 6.45) is 5.48. The van der Waals surface area contributed by atoms with Crippen molar-refractivity contribution in [1.29, 1.82) is 0 Å². The first-order chi connectivity index (χ1) is 13.9. The fourth-order valence-electron chi connectivity index (χ4n) is 5.19. The number of aliphatic hydroxyl groups is 1. The van der Waals surface area contributed by atoms with E-state index in [1.807, 2.05) is 13.8 Å². The number of halogens is 1. The van der Waals surface area contributed by atoms with E-state index >= 15 is 0 Å². The first-order valence-electron chi connectivity index (χ1n) is 10.5. The normalized spacial score (nSPS) is 18.4. The molecule has 1 aliphatic carbocycles. The molecule has 2 aromatic rings. The summed E-state index contributed by atoms with van der Waals surface area (Å²) in [5.74, 6) is -0.255. The number of carbonyl (C=O) groups is 1. The van der Waals surface area contributed by atoms with E-state index in [2.05, 4.69) is 18.3 Å². The second-order valence-corrected chi connectivity index (χ2v) is 8.41. The van der Waals surface area contributed by atoms with Crippen molar-refractivity contribution in [3.05, 3.63) is 64.2 Å². The molecule has 29 heavy (non-hydrogen) atoms. The van der Waals surface area contributed by atoms with E-state index in [1.54, 1.807) is 12.1 Å². The molecule has 0 aromatic heterocycles. The van der Waals surface area contributed by atoms with Crippen LogP contribution in [0.4, 0.5) is 4.39 Å². The van der Waals surface area contributed by atoms with Crippen LogP contribution in [0.3, 0.4) is 0 Å². The van der Waals surface area contributed by atoms with Crippen LogP contribution in [0.25, 0.3) is 16.7 Å². The zero-order valence-electron chi connectivity index (χ0n) is 17.4. The second-order valence-electron chi connectivity index (χ2n) is 8.41. The Morgan fingerprint density at radius 3 is 2.34 bits per heavy atom. The molecule has 1 aliphatic heterocycles. The molecule has 1 heterocycles. The monoisotopic (exact) mass is 393 g/mol. The average molecular weight is 394 g/mol. The lowest BCUT2D eigenvalue weighted by Crippen LogP contribution is -2.46. The van der Waals surface area contributed by atoms with Crippen LogP contribution in [0.5, 0.6) is 0 Å². The highest BCUT2D eigenvalue weighted by Gasteiger charge is 2.47. The molecule has 2 N–H and O–H groups in total. The smallest absolute Gasteiger partial charge is 0.256 e. The summed E-state index contributed by atoms with van der Waals surface area (Å²) in [6.45, 7) is 6.11. The number of benzene rings is 2. The first-order valence-corrected chi connectivity index (χ1v) is 10.5. The predicted molar refractivity (Wildman–Crippen MR) is 114 cm³/mol. The number of amides is 1. The van der Waals surface area contributed by atoms with Crippen molar-refractivity contribution >= 4 is 11.5 Å². The standard InChI is InChI=1S/C25H28FNO2/c1-4-17-14-15(2)20(18-8-10-19(26)11-9-18)16(3)21(17)22-23(28)25(27-24(22)29)12-6-5-7-13-25/h8-11,14,28H,4-7,12-13H2,1-3H3,(H,27,29). The van der Waals surface area contributed by atoms with E-state index < -0.39 is 5.54 Å². The second kappa shape index (κ2) is 7.33. The molecule has 1 fully saturated rings. The fraction of sp³-hybridized carbons (Fsp3) is 0.400. The van der Waals surface area contributed by atoms with Gasteiger partial charge >= 0.3 is 0 Å². The zero-order chi connectivity index (χ0) is 20.8. The van der Waals surface area contributed by atoms with E-state index in [9.17, 15) is 14.3 Å². The molecule has 0 saturated heterocycles. The topological polar surface area (TPSA) is 49.3 Å². The Morgan fingerprint density at radius 1 is 1.07 bits per heavy atom. The quantitative estimate of drug-likeness (QED) is 0.695. The third kappa shape index (κ3) is 3.15. The fourth-order valence-corrected chi connectivity index (χ4v) is 5.19. The summed E-state index contributed by atoms with van der Waals surface area (Å²) in [5, 5.41) is 14.4. The largest absolute Gasteiger partial charge is 0.509 e. The van der Waals surface area contributed by atoms with E-state index in [1.165, 1.54) is 12.1 Å². The summed E-state index contributed by atoms with van der Waals surface area (Å²) >= 11 is 0. The molecule has 152 valence electrons. The van der Waals surface area contributed by atoms with Gasteiger partial charge in [0.25, 0.3) is 5.91 Å². The van der Waals surface area contributed by atoms with Crippen LogP contribution < -0.4 is 5.32 Å². The van der Waals surface area contributed by atoms with Gasteiger partial charge in [-0.2, -0.15) is 0 Å². The van der Waals surface area contributed by atoms with Gasteiger partial charge in [-0.15, -0.1) is 0 Å². The van der Waals surface area contributed by atoms with Crippen molar-refractivity contribution in [2.24, 2.45) is 0 Å². The summed E-state index contributed by atoms with van der Waals surface area (Å²) in [6, 6.07) is 8.55. The lowest BCUT2D eigenvalue weighted by atomic mass is 9.79. The highest BCUT2D eigenvalue weighted by molar-refractivity contribution is 6.24. The van der Waals surface area contributed by atoms with Gasteiger partial charge in [0, 0.05) is 0 Å². The van der Waals surface area contributed by atoms with Crippen LogP contribution in [0.15, 0.2) is 36.1 Å². The first kappa shape index (κ1) is 19.7. The molecular weight excluding hydrogens is 365 g/mol. The minimum absolute atomic E-state index is 0.184. The SMILES string of the molecule is CCc1cc(C)c(-c2ccc(F)cc2)c(C)c1C1=C(O)C2(CCCCC2)NC1=O. The number of nitrogens with one attached hydrogen (secondary N) is 1. The van der Waals surface area contributed by atoms with E-state index in [-0.39, 0.29) is 17.5 Å². The van der Waals surface area contributed by atoms with Crippen molar-refractivity contribution in [3.8, 4) is 11.1 Å². The number of carbonyl (C=O) groups excluding carboxylic acids is 1. The molecule has 0 atom stereocenters. The Kier molecular flexibility index (Phi) is 4.97. The summed E-state index contributed by atoms with van der Waals surface area (Å²) in [5.41, 5.74) is 5.64. The summed E-state index contributed by atoms with van der Waals surface area (Å²) in [4.78, 5) is 13.1. The maximum absolute atomic E-state index is 13.5. The highest BCUT2D eigenvalue weighted by atomic mass is 19.1. The molecule has 1 spiro atoms. The van der Waals surface area contributed by atoms with Crippen LogP contribution in [0, 0.1) is 19.7 Å².